The molecule has 0 saturated heterocycles. The van der Waals surface area contributed by atoms with Gasteiger partial charge in [0.05, 0.1) is 6.61 Å². The summed E-state index contributed by atoms with van der Waals surface area (Å²) in [5, 5.41) is 15.6. The average Bonchev–Trinajstić information content (AvgIpc) is 2.55. The van der Waals surface area contributed by atoms with Crippen LogP contribution in [-0.4, -0.2) is 66.8 Å². The van der Waals surface area contributed by atoms with E-state index in [4.69, 9.17) is 14.9 Å². The van der Waals surface area contributed by atoms with Crippen LogP contribution in [0.1, 0.15) is 13.8 Å². The van der Waals surface area contributed by atoms with Gasteiger partial charge in [0, 0.05) is 37.9 Å². The third-order valence-corrected chi connectivity index (χ3v) is 2.98. The van der Waals surface area contributed by atoms with Crippen LogP contribution in [0.4, 0.5) is 5.69 Å². The van der Waals surface area contributed by atoms with Crippen molar-refractivity contribution in [3.05, 3.63) is 36.4 Å². The van der Waals surface area contributed by atoms with Crippen LogP contribution in [0.3, 0.4) is 0 Å². The van der Waals surface area contributed by atoms with Crippen LogP contribution in [0, 0.1) is 0 Å². The lowest BCUT2D eigenvalue weighted by Gasteiger charge is -2.23. The van der Waals surface area contributed by atoms with Crippen LogP contribution in [0.15, 0.2) is 36.4 Å². The number of anilines is 1. The van der Waals surface area contributed by atoms with E-state index in [0.717, 1.165) is 18.0 Å². The van der Waals surface area contributed by atoms with E-state index in [1.165, 1.54) is 0 Å². The molecule has 0 aromatic heterocycles. The summed E-state index contributed by atoms with van der Waals surface area (Å²) in [5.41, 5.74) is 0.910. The second-order valence-corrected chi connectivity index (χ2v) is 5.41. The lowest BCUT2D eigenvalue weighted by atomic mass is 10.2. The maximum Gasteiger partial charge on any atom is 0.328 e. The molecule has 0 aliphatic rings. The molecule has 0 heterocycles. The predicted molar refractivity (Wildman–Crippen MR) is 98.6 cm³/mol. The summed E-state index contributed by atoms with van der Waals surface area (Å²) in [6, 6.07) is 7.62. The Balaban J connectivity index is 0.000000660. The van der Waals surface area contributed by atoms with Crippen molar-refractivity contribution in [2.24, 2.45) is 0 Å². The fourth-order valence-electron chi connectivity index (χ4n) is 1.80. The number of rotatable bonds is 8. The number of nitrogens with zero attached hydrogens (tertiary/aromatic N) is 2. The van der Waals surface area contributed by atoms with Crippen LogP contribution in [0.2, 0.25) is 0 Å². The van der Waals surface area contributed by atoms with Crippen molar-refractivity contribution in [1.29, 1.82) is 0 Å². The number of ether oxygens (including phenoxy) is 1. The van der Waals surface area contributed by atoms with Gasteiger partial charge in [0.2, 0.25) is 5.91 Å². The van der Waals surface area contributed by atoms with E-state index in [1.807, 2.05) is 45.3 Å². The van der Waals surface area contributed by atoms with E-state index in [2.05, 4.69) is 4.90 Å². The lowest BCUT2D eigenvalue weighted by molar-refractivity contribution is -0.134. The van der Waals surface area contributed by atoms with Crippen molar-refractivity contribution < 1.29 is 29.3 Å². The van der Waals surface area contributed by atoms with Crippen LogP contribution in [-0.2, 0) is 14.4 Å². The molecule has 0 aliphatic heterocycles. The number of carboxylic acids is 2. The van der Waals surface area contributed by atoms with E-state index < -0.39 is 11.9 Å². The van der Waals surface area contributed by atoms with E-state index in [0.29, 0.717) is 25.3 Å². The highest BCUT2D eigenvalue weighted by Gasteiger charge is 2.11. The van der Waals surface area contributed by atoms with Crippen molar-refractivity contribution in [2.45, 2.75) is 13.8 Å². The molecule has 26 heavy (non-hydrogen) atoms. The summed E-state index contributed by atoms with van der Waals surface area (Å²) in [5.74, 6) is -1.63. The minimum Gasteiger partial charge on any atom is -0.494 e. The van der Waals surface area contributed by atoms with Gasteiger partial charge in [-0.3, -0.25) is 4.79 Å². The summed E-state index contributed by atoms with van der Waals surface area (Å²) in [6.45, 7) is 5.72. The van der Waals surface area contributed by atoms with Gasteiger partial charge in [0.15, 0.2) is 0 Å². The summed E-state index contributed by atoms with van der Waals surface area (Å²) in [6.07, 6.45) is 1.12. The van der Waals surface area contributed by atoms with Crippen LogP contribution in [0.25, 0.3) is 0 Å². The fourth-order valence-corrected chi connectivity index (χ4v) is 1.80. The molecule has 8 nitrogen and oxygen atoms in total. The molecule has 0 aliphatic carbocycles. The van der Waals surface area contributed by atoms with Crippen molar-refractivity contribution in [3.8, 4) is 5.75 Å². The first-order valence-electron chi connectivity index (χ1n) is 7.97. The molecular formula is C18H26N2O6. The van der Waals surface area contributed by atoms with E-state index >= 15 is 0 Å². The first-order chi connectivity index (χ1) is 12.2. The van der Waals surface area contributed by atoms with Crippen molar-refractivity contribution in [3.63, 3.8) is 0 Å². The van der Waals surface area contributed by atoms with Crippen LogP contribution >= 0.6 is 0 Å². The minimum atomic E-state index is -1.26. The number of carboxylic acid groups (broad SMARTS) is 2. The molecule has 0 atom stereocenters. The number of amides is 1. The smallest absolute Gasteiger partial charge is 0.328 e. The summed E-state index contributed by atoms with van der Waals surface area (Å²) < 4.78 is 5.39. The Kier molecular flexibility index (Phi) is 11.1. The molecule has 0 fully saturated rings. The third-order valence-electron chi connectivity index (χ3n) is 2.98. The average molecular weight is 366 g/mol. The maximum absolute atomic E-state index is 11.6. The molecule has 1 rings (SSSR count). The van der Waals surface area contributed by atoms with Crippen LogP contribution < -0.4 is 9.64 Å². The van der Waals surface area contributed by atoms with Gasteiger partial charge in [-0.05, 0) is 45.3 Å². The zero-order valence-corrected chi connectivity index (χ0v) is 15.5. The third kappa shape index (κ3) is 10.8. The summed E-state index contributed by atoms with van der Waals surface area (Å²) in [7, 11) is 3.99. The molecule has 0 radical (unpaired) electrons. The van der Waals surface area contributed by atoms with Crippen molar-refractivity contribution >= 4 is 23.5 Å². The minimum absolute atomic E-state index is 0.0565. The molecule has 2 N–H and O–H groups in total. The van der Waals surface area contributed by atoms with Gasteiger partial charge in [-0.25, -0.2) is 9.59 Å². The van der Waals surface area contributed by atoms with Gasteiger partial charge in [-0.1, -0.05) is 0 Å². The van der Waals surface area contributed by atoms with Gasteiger partial charge in [0.1, 0.15) is 5.75 Å². The Morgan fingerprint density at radius 1 is 1.00 bits per heavy atom. The summed E-state index contributed by atoms with van der Waals surface area (Å²) >= 11 is 0. The quantitative estimate of drug-likeness (QED) is 0.674. The highest BCUT2D eigenvalue weighted by molar-refractivity contribution is 5.91. The number of carbonyl (C=O) groups excluding carboxylic acids is 1. The molecule has 1 amide bonds. The first kappa shape index (κ1) is 23.1. The predicted octanol–water partition coefficient (Wildman–Crippen LogP) is 1.71. The number of likely N-dealkylation sites (N-methyl/N-ethyl adjacent to an activating group) is 1. The van der Waals surface area contributed by atoms with Gasteiger partial charge in [-0.2, -0.15) is 0 Å². The Morgan fingerprint density at radius 3 is 1.85 bits per heavy atom. The second kappa shape index (κ2) is 12.5. The normalized spacial score (nSPS) is 10.2. The maximum atomic E-state index is 11.6. The Morgan fingerprint density at radius 2 is 1.50 bits per heavy atom. The fraction of sp³-hybridized carbons (Fsp3) is 0.389. The van der Waals surface area contributed by atoms with E-state index in [-0.39, 0.29) is 5.91 Å². The Labute approximate surface area is 153 Å². The van der Waals surface area contributed by atoms with Crippen molar-refractivity contribution in [1.82, 2.24) is 4.90 Å². The number of hydrogen-bond donors (Lipinski definition) is 2. The van der Waals surface area contributed by atoms with Gasteiger partial charge in [0.25, 0.3) is 0 Å². The zero-order chi connectivity index (χ0) is 20.1. The first-order valence-corrected chi connectivity index (χ1v) is 7.97. The van der Waals surface area contributed by atoms with E-state index in [9.17, 15) is 14.4 Å². The molecular weight excluding hydrogens is 340 g/mol. The second-order valence-electron chi connectivity index (χ2n) is 5.41. The van der Waals surface area contributed by atoms with Crippen LogP contribution in [0.5, 0.6) is 5.75 Å². The molecule has 8 heteroatoms. The molecule has 1 aromatic carbocycles. The lowest BCUT2D eigenvalue weighted by Crippen LogP contribution is -2.35. The van der Waals surface area contributed by atoms with E-state index in [1.54, 1.807) is 11.8 Å². The highest BCUT2D eigenvalue weighted by atomic mass is 16.5. The monoisotopic (exact) mass is 366 g/mol. The number of carbonyl (C=O) groups is 3. The SMILES string of the molecule is CCOc1ccc(N(CCN(C)C)C(C)=O)cc1.O=C(O)/C=C/C(=O)O. The molecule has 144 valence electrons. The zero-order valence-electron chi connectivity index (χ0n) is 15.5. The molecule has 0 bridgehead atoms. The molecule has 0 spiro atoms. The highest BCUT2D eigenvalue weighted by Crippen LogP contribution is 2.19. The number of aliphatic carboxylic acids is 2. The Bertz CT molecular complexity index is 595. The standard InChI is InChI=1S/C14H22N2O2.C4H4O4/c1-5-18-14-8-6-13(7-9-14)16(12(2)17)11-10-15(3)4;5-3(6)1-2-4(7)8/h6-9H,5,10-11H2,1-4H3;1-2H,(H,5,6)(H,7,8)/b;2-1+. The Hall–Kier alpha value is -2.87. The largest absolute Gasteiger partial charge is 0.494 e. The number of benzene rings is 1. The van der Waals surface area contributed by atoms with Gasteiger partial charge < -0.3 is 24.7 Å². The van der Waals surface area contributed by atoms with Crippen molar-refractivity contribution in [2.75, 3.05) is 38.7 Å². The van der Waals surface area contributed by atoms with Gasteiger partial charge in [-0.15, -0.1) is 0 Å². The molecule has 0 saturated carbocycles. The summed E-state index contributed by atoms with van der Waals surface area (Å²) in [4.78, 5) is 34.6. The molecule has 0 unspecified atom stereocenters. The molecule has 1 aromatic rings. The topological polar surface area (TPSA) is 107 Å². The number of hydrogen-bond acceptors (Lipinski definition) is 5. The van der Waals surface area contributed by atoms with Gasteiger partial charge >= 0.3 is 11.9 Å².